The van der Waals surface area contributed by atoms with Crippen molar-refractivity contribution in [2.75, 3.05) is 0 Å². The summed E-state index contributed by atoms with van der Waals surface area (Å²) in [5.41, 5.74) is 1.55. The van der Waals surface area contributed by atoms with E-state index in [1.165, 1.54) is 6.07 Å². The Morgan fingerprint density at radius 2 is 2.00 bits per heavy atom. The summed E-state index contributed by atoms with van der Waals surface area (Å²) in [7, 11) is 1.58. The van der Waals surface area contributed by atoms with Gasteiger partial charge in [-0.15, -0.1) is 0 Å². The Morgan fingerprint density at radius 1 is 1.41 bits per heavy atom. The Hall–Kier alpha value is -1.00. The lowest BCUT2D eigenvalue weighted by molar-refractivity contribution is 0.261. The third-order valence-electron chi connectivity index (χ3n) is 2.28. The number of aryl methyl sites for hydroxylation is 2. The molecule has 0 aromatic heterocycles. The molecule has 0 aliphatic carbocycles. The van der Waals surface area contributed by atoms with Crippen molar-refractivity contribution in [2.45, 2.75) is 31.8 Å². The van der Waals surface area contributed by atoms with Crippen molar-refractivity contribution >= 4 is 19.7 Å². The molecule has 0 saturated carbocycles. The van der Waals surface area contributed by atoms with Gasteiger partial charge in [-0.2, -0.15) is 0 Å². The third-order valence-corrected chi connectivity index (χ3v) is 3.61. The standard InChI is InChI=1S/C12H15ClO3S/c1-5-10(4)16-12-9(3)6-8(2)7-11(12)17(13,14)15/h5-7,10H,1H2,2-4H3. The molecule has 1 atom stereocenters. The number of benzene rings is 1. The van der Waals surface area contributed by atoms with E-state index in [4.69, 9.17) is 15.4 Å². The minimum atomic E-state index is -3.82. The molecule has 0 N–H and O–H groups in total. The van der Waals surface area contributed by atoms with Crippen molar-refractivity contribution in [3.8, 4) is 5.75 Å². The van der Waals surface area contributed by atoms with E-state index in [0.29, 0.717) is 0 Å². The SMILES string of the molecule is C=CC(C)Oc1c(C)cc(C)cc1S(=O)(=O)Cl. The van der Waals surface area contributed by atoms with Gasteiger partial charge in [-0.3, -0.25) is 0 Å². The molecule has 0 radical (unpaired) electrons. The molecule has 94 valence electrons. The van der Waals surface area contributed by atoms with Crippen LogP contribution in [0.5, 0.6) is 5.75 Å². The van der Waals surface area contributed by atoms with Crippen molar-refractivity contribution < 1.29 is 13.2 Å². The van der Waals surface area contributed by atoms with Gasteiger partial charge in [0, 0.05) is 10.7 Å². The van der Waals surface area contributed by atoms with Crippen LogP contribution in [0.2, 0.25) is 0 Å². The van der Waals surface area contributed by atoms with Gasteiger partial charge in [-0.05, 0) is 38.0 Å². The lowest BCUT2D eigenvalue weighted by atomic mass is 10.1. The third kappa shape index (κ3) is 3.48. The van der Waals surface area contributed by atoms with Crippen molar-refractivity contribution in [3.05, 3.63) is 35.9 Å². The van der Waals surface area contributed by atoms with Crippen LogP contribution in [-0.2, 0) is 9.05 Å². The molecule has 0 aliphatic heterocycles. The summed E-state index contributed by atoms with van der Waals surface area (Å²) in [6.45, 7) is 8.95. The van der Waals surface area contributed by atoms with Gasteiger partial charge < -0.3 is 4.74 Å². The van der Waals surface area contributed by atoms with Crippen LogP contribution in [-0.4, -0.2) is 14.5 Å². The lowest BCUT2D eigenvalue weighted by Crippen LogP contribution is -2.11. The van der Waals surface area contributed by atoms with Gasteiger partial charge >= 0.3 is 0 Å². The first-order chi connectivity index (χ1) is 7.75. The van der Waals surface area contributed by atoms with E-state index in [1.54, 1.807) is 26.8 Å². The molecule has 1 unspecified atom stereocenters. The number of halogens is 1. The van der Waals surface area contributed by atoms with Crippen LogP contribution >= 0.6 is 10.7 Å². The zero-order valence-corrected chi connectivity index (χ0v) is 11.6. The number of hydrogen-bond donors (Lipinski definition) is 0. The quantitative estimate of drug-likeness (QED) is 0.626. The van der Waals surface area contributed by atoms with E-state index >= 15 is 0 Å². The second-order valence-electron chi connectivity index (χ2n) is 3.91. The minimum Gasteiger partial charge on any atom is -0.485 e. The van der Waals surface area contributed by atoms with Crippen LogP contribution in [0.3, 0.4) is 0 Å². The molecule has 1 rings (SSSR count). The van der Waals surface area contributed by atoms with Crippen molar-refractivity contribution in [3.63, 3.8) is 0 Å². The summed E-state index contributed by atoms with van der Waals surface area (Å²) < 4.78 is 28.5. The van der Waals surface area contributed by atoms with Crippen LogP contribution in [0.25, 0.3) is 0 Å². The summed E-state index contributed by atoms with van der Waals surface area (Å²) in [6, 6.07) is 3.34. The van der Waals surface area contributed by atoms with Gasteiger partial charge in [0.25, 0.3) is 9.05 Å². The predicted molar refractivity (Wildman–Crippen MR) is 69.2 cm³/mol. The van der Waals surface area contributed by atoms with Crippen molar-refractivity contribution in [1.29, 1.82) is 0 Å². The fraction of sp³-hybridized carbons (Fsp3) is 0.333. The molecule has 17 heavy (non-hydrogen) atoms. The highest BCUT2D eigenvalue weighted by atomic mass is 35.7. The fourth-order valence-electron chi connectivity index (χ4n) is 1.48. The lowest BCUT2D eigenvalue weighted by Gasteiger charge is -2.16. The summed E-state index contributed by atoms with van der Waals surface area (Å²) in [6.07, 6.45) is 1.30. The highest BCUT2D eigenvalue weighted by molar-refractivity contribution is 8.13. The second-order valence-corrected chi connectivity index (χ2v) is 6.44. The van der Waals surface area contributed by atoms with E-state index in [-0.39, 0.29) is 16.7 Å². The predicted octanol–water partition coefficient (Wildman–Crippen LogP) is 3.18. The van der Waals surface area contributed by atoms with Crippen molar-refractivity contribution in [2.24, 2.45) is 0 Å². The van der Waals surface area contributed by atoms with Gasteiger partial charge in [0.15, 0.2) is 0 Å². The Morgan fingerprint density at radius 3 is 2.47 bits per heavy atom. The molecular formula is C12H15ClO3S. The van der Waals surface area contributed by atoms with Gasteiger partial charge in [0.1, 0.15) is 16.7 Å². The number of ether oxygens (including phenoxy) is 1. The van der Waals surface area contributed by atoms with Crippen LogP contribution in [0, 0.1) is 13.8 Å². The molecule has 3 nitrogen and oxygen atoms in total. The Labute approximate surface area is 106 Å². The molecule has 5 heteroatoms. The van der Waals surface area contributed by atoms with Gasteiger partial charge in [0.2, 0.25) is 0 Å². The molecule has 0 heterocycles. The smallest absolute Gasteiger partial charge is 0.265 e. The molecule has 0 spiro atoms. The van der Waals surface area contributed by atoms with Crippen LogP contribution in [0.15, 0.2) is 29.7 Å². The summed E-state index contributed by atoms with van der Waals surface area (Å²) in [5, 5.41) is 0. The maximum Gasteiger partial charge on any atom is 0.265 e. The average molecular weight is 275 g/mol. The van der Waals surface area contributed by atoms with Crippen LogP contribution in [0.4, 0.5) is 0 Å². The second kappa shape index (κ2) is 5.10. The summed E-state index contributed by atoms with van der Waals surface area (Å²) >= 11 is 0. The van der Waals surface area contributed by atoms with E-state index in [1.807, 2.05) is 6.07 Å². The Bertz CT molecular complexity index is 535. The largest absolute Gasteiger partial charge is 0.485 e. The maximum absolute atomic E-state index is 11.5. The first kappa shape index (κ1) is 14.1. The molecule has 0 saturated heterocycles. The van der Waals surface area contributed by atoms with Gasteiger partial charge in [-0.25, -0.2) is 8.42 Å². The first-order valence-corrected chi connectivity index (χ1v) is 7.41. The monoisotopic (exact) mass is 274 g/mol. The molecule has 1 aromatic carbocycles. The molecule has 0 bridgehead atoms. The topological polar surface area (TPSA) is 43.4 Å². The molecule has 0 fully saturated rings. The van der Waals surface area contributed by atoms with Gasteiger partial charge in [-0.1, -0.05) is 18.7 Å². The number of hydrogen-bond acceptors (Lipinski definition) is 3. The molecule has 0 aliphatic rings. The Kier molecular flexibility index (Phi) is 4.22. The van der Waals surface area contributed by atoms with E-state index < -0.39 is 9.05 Å². The van der Waals surface area contributed by atoms with Crippen molar-refractivity contribution in [1.82, 2.24) is 0 Å². The molecule has 0 amide bonds. The van der Waals surface area contributed by atoms with Gasteiger partial charge in [0.05, 0.1) is 0 Å². The summed E-state index contributed by atoms with van der Waals surface area (Å²) in [5.74, 6) is 0.290. The average Bonchev–Trinajstić information content (AvgIpc) is 2.19. The number of rotatable bonds is 4. The zero-order valence-electron chi connectivity index (χ0n) is 10.0. The Balaban J connectivity index is 3.41. The molecular weight excluding hydrogens is 260 g/mol. The maximum atomic E-state index is 11.5. The first-order valence-electron chi connectivity index (χ1n) is 5.11. The highest BCUT2D eigenvalue weighted by Gasteiger charge is 2.20. The van der Waals surface area contributed by atoms with E-state index in [9.17, 15) is 8.42 Å². The normalized spacial score (nSPS) is 13.2. The highest BCUT2D eigenvalue weighted by Crippen LogP contribution is 2.32. The molecule has 1 aromatic rings. The van der Waals surface area contributed by atoms with E-state index in [2.05, 4.69) is 6.58 Å². The fourth-order valence-corrected chi connectivity index (χ4v) is 2.58. The zero-order chi connectivity index (χ0) is 13.2. The van der Waals surface area contributed by atoms with Crippen LogP contribution < -0.4 is 4.74 Å². The van der Waals surface area contributed by atoms with Crippen LogP contribution in [0.1, 0.15) is 18.1 Å². The summed E-state index contributed by atoms with van der Waals surface area (Å²) in [4.78, 5) is 0.00497. The minimum absolute atomic E-state index is 0.00497. The van der Waals surface area contributed by atoms with E-state index in [0.717, 1.165) is 11.1 Å².